The first-order valence-electron chi connectivity index (χ1n) is 8.07. The molecule has 1 heterocycles. The molecule has 0 radical (unpaired) electrons. The Morgan fingerprint density at radius 1 is 1.29 bits per heavy atom. The lowest BCUT2D eigenvalue weighted by Crippen LogP contribution is -2.53. The van der Waals surface area contributed by atoms with E-state index in [2.05, 4.69) is 42.0 Å². The van der Waals surface area contributed by atoms with Crippen LogP contribution in [0.15, 0.2) is 24.3 Å². The van der Waals surface area contributed by atoms with Gasteiger partial charge in [-0.05, 0) is 26.5 Å². The molecule has 4 heteroatoms. The normalized spacial score (nSPS) is 22.2. The van der Waals surface area contributed by atoms with E-state index in [-0.39, 0.29) is 6.04 Å². The number of nitrogens with two attached hydrogens (primary N) is 1. The van der Waals surface area contributed by atoms with Crippen LogP contribution in [-0.2, 0) is 0 Å². The Bertz CT molecular complexity index is 438. The minimum Gasteiger partial charge on any atom is -0.494 e. The van der Waals surface area contributed by atoms with Gasteiger partial charge in [0.05, 0.1) is 12.6 Å². The summed E-state index contributed by atoms with van der Waals surface area (Å²) in [6, 6.07) is 9.13. The first kappa shape index (κ1) is 16.3. The number of rotatable bonds is 6. The van der Waals surface area contributed by atoms with Crippen molar-refractivity contribution >= 4 is 0 Å². The Morgan fingerprint density at radius 2 is 2.05 bits per heavy atom. The first-order chi connectivity index (χ1) is 10.2. The predicted molar refractivity (Wildman–Crippen MR) is 87.7 cm³/mol. The predicted octanol–water partition coefficient (Wildman–Crippen LogP) is 2.11. The van der Waals surface area contributed by atoms with E-state index in [1.54, 1.807) is 0 Å². The Hall–Kier alpha value is -1.10. The maximum Gasteiger partial charge on any atom is 0.124 e. The molecule has 0 amide bonds. The average molecular weight is 291 g/mol. The fraction of sp³-hybridized carbons (Fsp3) is 0.647. The minimum atomic E-state index is 0.242. The molecular formula is C17H29N3O. The van der Waals surface area contributed by atoms with E-state index in [4.69, 9.17) is 10.5 Å². The smallest absolute Gasteiger partial charge is 0.124 e. The van der Waals surface area contributed by atoms with Gasteiger partial charge in [0.15, 0.2) is 0 Å². The van der Waals surface area contributed by atoms with Crippen LogP contribution in [-0.4, -0.2) is 55.7 Å². The van der Waals surface area contributed by atoms with Crippen molar-refractivity contribution in [3.8, 4) is 5.75 Å². The summed E-state index contributed by atoms with van der Waals surface area (Å²) in [5.41, 5.74) is 7.37. The van der Waals surface area contributed by atoms with Gasteiger partial charge in [-0.1, -0.05) is 25.1 Å². The summed E-state index contributed by atoms with van der Waals surface area (Å²) in [4.78, 5) is 4.98. The Kier molecular flexibility index (Phi) is 6.03. The van der Waals surface area contributed by atoms with Gasteiger partial charge < -0.3 is 15.4 Å². The van der Waals surface area contributed by atoms with Crippen LogP contribution in [0.3, 0.4) is 0 Å². The highest BCUT2D eigenvalue weighted by Gasteiger charge is 2.31. The van der Waals surface area contributed by atoms with E-state index < -0.39 is 0 Å². The van der Waals surface area contributed by atoms with E-state index >= 15 is 0 Å². The molecule has 1 fully saturated rings. The lowest BCUT2D eigenvalue weighted by molar-refractivity contribution is 0.0511. The second kappa shape index (κ2) is 7.78. The molecule has 2 atom stereocenters. The van der Waals surface area contributed by atoms with Crippen LogP contribution >= 0.6 is 0 Å². The van der Waals surface area contributed by atoms with Crippen LogP contribution in [0, 0.1) is 0 Å². The molecule has 1 aromatic rings. The van der Waals surface area contributed by atoms with E-state index in [9.17, 15) is 0 Å². The van der Waals surface area contributed by atoms with Crippen molar-refractivity contribution in [2.45, 2.75) is 32.4 Å². The van der Waals surface area contributed by atoms with Crippen LogP contribution < -0.4 is 10.5 Å². The van der Waals surface area contributed by atoms with E-state index in [1.165, 1.54) is 5.56 Å². The van der Waals surface area contributed by atoms with Gasteiger partial charge in [-0.3, -0.25) is 4.90 Å². The maximum atomic E-state index is 6.14. The van der Waals surface area contributed by atoms with E-state index in [1.807, 2.05) is 13.0 Å². The van der Waals surface area contributed by atoms with Crippen molar-refractivity contribution in [3.63, 3.8) is 0 Å². The number of hydrogen-bond acceptors (Lipinski definition) is 4. The molecule has 2 N–H and O–H groups in total. The van der Waals surface area contributed by atoms with Gasteiger partial charge in [-0.2, -0.15) is 0 Å². The van der Waals surface area contributed by atoms with Crippen molar-refractivity contribution in [3.05, 3.63) is 29.8 Å². The first-order valence-corrected chi connectivity index (χ1v) is 8.07. The summed E-state index contributed by atoms with van der Waals surface area (Å²) in [5.74, 6) is 0.976. The molecule has 4 nitrogen and oxygen atoms in total. The van der Waals surface area contributed by atoms with Crippen LogP contribution in [0.1, 0.15) is 31.9 Å². The Labute approximate surface area is 128 Å². The van der Waals surface area contributed by atoms with Gasteiger partial charge in [0, 0.05) is 37.8 Å². The van der Waals surface area contributed by atoms with Crippen LogP contribution in [0.25, 0.3) is 0 Å². The fourth-order valence-corrected chi connectivity index (χ4v) is 3.28. The molecule has 1 aliphatic rings. The van der Waals surface area contributed by atoms with Crippen LogP contribution in [0.2, 0.25) is 0 Å². The van der Waals surface area contributed by atoms with Gasteiger partial charge >= 0.3 is 0 Å². The third kappa shape index (κ3) is 3.76. The van der Waals surface area contributed by atoms with Crippen molar-refractivity contribution in [2.75, 3.05) is 39.8 Å². The molecule has 0 aliphatic carbocycles. The van der Waals surface area contributed by atoms with Crippen LogP contribution in [0.5, 0.6) is 5.75 Å². The number of nitrogens with zero attached hydrogens (tertiary/aromatic N) is 2. The van der Waals surface area contributed by atoms with Crippen LogP contribution in [0.4, 0.5) is 0 Å². The highest BCUT2D eigenvalue weighted by atomic mass is 16.5. The summed E-state index contributed by atoms with van der Waals surface area (Å²) >= 11 is 0. The van der Waals surface area contributed by atoms with Crippen molar-refractivity contribution in [2.24, 2.45) is 5.73 Å². The van der Waals surface area contributed by atoms with E-state index in [0.717, 1.165) is 31.8 Å². The molecule has 1 aliphatic heterocycles. The number of likely N-dealkylation sites (N-methyl/N-ethyl adjacent to an activating group) is 1. The topological polar surface area (TPSA) is 41.7 Å². The van der Waals surface area contributed by atoms with E-state index in [0.29, 0.717) is 19.2 Å². The molecule has 118 valence electrons. The Morgan fingerprint density at radius 3 is 2.71 bits per heavy atom. The second-order valence-electron chi connectivity index (χ2n) is 5.78. The number of ether oxygens (including phenoxy) is 1. The van der Waals surface area contributed by atoms with Crippen molar-refractivity contribution in [1.29, 1.82) is 0 Å². The monoisotopic (exact) mass is 291 g/mol. The Balaban J connectivity index is 2.26. The number of hydrogen-bond donors (Lipinski definition) is 1. The molecule has 1 saturated heterocycles. The molecule has 1 aromatic carbocycles. The van der Waals surface area contributed by atoms with Gasteiger partial charge in [0.2, 0.25) is 0 Å². The second-order valence-corrected chi connectivity index (χ2v) is 5.78. The van der Waals surface area contributed by atoms with Gasteiger partial charge in [0.1, 0.15) is 5.75 Å². The fourth-order valence-electron chi connectivity index (χ4n) is 3.28. The maximum absolute atomic E-state index is 6.14. The third-order valence-corrected chi connectivity index (χ3v) is 4.40. The molecule has 0 saturated carbocycles. The largest absolute Gasteiger partial charge is 0.494 e. The number of piperazine rings is 1. The van der Waals surface area contributed by atoms with Crippen molar-refractivity contribution in [1.82, 2.24) is 9.80 Å². The molecule has 2 rings (SSSR count). The lowest BCUT2D eigenvalue weighted by atomic mass is 9.99. The summed E-state index contributed by atoms with van der Waals surface area (Å²) in [6.45, 7) is 8.89. The minimum absolute atomic E-state index is 0.242. The van der Waals surface area contributed by atoms with Gasteiger partial charge in [0.25, 0.3) is 0 Å². The highest BCUT2D eigenvalue weighted by Crippen LogP contribution is 2.31. The zero-order valence-corrected chi connectivity index (χ0v) is 13.6. The SMILES string of the molecule is CCOc1ccccc1C(CN)N1CCN(C)CC1CC. The highest BCUT2D eigenvalue weighted by molar-refractivity contribution is 5.36. The average Bonchev–Trinajstić information content (AvgIpc) is 2.51. The van der Waals surface area contributed by atoms with Gasteiger partial charge in [-0.25, -0.2) is 0 Å². The number of para-hydroxylation sites is 1. The lowest BCUT2D eigenvalue weighted by Gasteiger charge is -2.44. The molecule has 21 heavy (non-hydrogen) atoms. The molecule has 0 spiro atoms. The molecule has 2 unspecified atom stereocenters. The molecule has 0 bridgehead atoms. The molecular weight excluding hydrogens is 262 g/mol. The summed E-state index contributed by atoms with van der Waals surface area (Å²) in [5, 5.41) is 0. The summed E-state index contributed by atoms with van der Waals surface area (Å²) in [6.07, 6.45) is 1.15. The zero-order chi connectivity index (χ0) is 15.2. The summed E-state index contributed by atoms with van der Waals surface area (Å²) in [7, 11) is 2.20. The third-order valence-electron chi connectivity index (χ3n) is 4.40. The quantitative estimate of drug-likeness (QED) is 0.871. The van der Waals surface area contributed by atoms with Crippen molar-refractivity contribution < 1.29 is 4.74 Å². The summed E-state index contributed by atoms with van der Waals surface area (Å²) < 4.78 is 5.81. The van der Waals surface area contributed by atoms with Gasteiger partial charge in [-0.15, -0.1) is 0 Å². The molecule has 0 aromatic heterocycles. The standard InChI is InChI=1S/C17H29N3O/c1-4-14-13-19(3)10-11-20(14)16(12-18)15-8-6-7-9-17(15)21-5-2/h6-9,14,16H,4-5,10-13,18H2,1-3H3. The number of benzene rings is 1. The zero-order valence-electron chi connectivity index (χ0n) is 13.6.